The molecule has 1 N–H and O–H groups in total. The van der Waals surface area contributed by atoms with E-state index in [1.54, 1.807) is 24.3 Å². The van der Waals surface area contributed by atoms with Gasteiger partial charge in [-0.3, -0.25) is 4.79 Å². The van der Waals surface area contributed by atoms with E-state index in [0.717, 1.165) is 18.7 Å². The highest BCUT2D eigenvalue weighted by Crippen LogP contribution is 2.23. The van der Waals surface area contributed by atoms with Crippen LogP contribution in [-0.2, 0) is 6.42 Å². The molecule has 0 bridgehead atoms. The molecule has 0 saturated carbocycles. The van der Waals surface area contributed by atoms with Crippen LogP contribution in [0, 0.1) is 0 Å². The zero-order chi connectivity index (χ0) is 15.4. The van der Waals surface area contributed by atoms with E-state index in [9.17, 15) is 4.79 Å². The van der Waals surface area contributed by atoms with E-state index in [1.807, 2.05) is 0 Å². The molecule has 0 aromatic heterocycles. The van der Waals surface area contributed by atoms with Crippen molar-refractivity contribution in [1.29, 1.82) is 0 Å². The molecular formula is C19H20ClNO. The van der Waals surface area contributed by atoms with E-state index < -0.39 is 0 Å². The fourth-order valence-electron chi connectivity index (χ4n) is 2.97. The summed E-state index contributed by atoms with van der Waals surface area (Å²) in [6.45, 7) is 2.19. The van der Waals surface area contributed by atoms with Gasteiger partial charge in [-0.25, -0.2) is 0 Å². The first-order valence-electron chi connectivity index (χ1n) is 7.81. The number of hydrogen-bond donors (Lipinski definition) is 1. The van der Waals surface area contributed by atoms with Crippen molar-refractivity contribution < 1.29 is 4.79 Å². The van der Waals surface area contributed by atoms with E-state index in [1.165, 1.54) is 18.4 Å². The Morgan fingerprint density at radius 3 is 2.45 bits per heavy atom. The smallest absolute Gasteiger partial charge is 0.167 e. The first-order chi connectivity index (χ1) is 10.7. The molecule has 1 atom stereocenters. The molecule has 1 saturated heterocycles. The van der Waals surface area contributed by atoms with Gasteiger partial charge in [0.15, 0.2) is 5.78 Å². The fraction of sp³-hybridized carbons (Fsp3) is 0.316. The minimum atomic E-state index is 0.128. The minimum absolute atomic E-state index is 0.128. The van der Waals surface area contributed by atoms with Gasteiger partial charge in [-0.2, -0.15) is 0 Å². The molecule has 0 aliphatic carbocycles. The number of ketones is 1. The largest absolute Gasteiger partial charge is 0.316 e. The van der Waals surface area contributed by atoms with Crippen LogP contribution in [0.25, 0.3) is 0 Å². The molecule has 1 fully saturated rings. The second-order valence-corrected chi connectivity index (χ2v) is 6.33. The van der Waals surface area contributed by atoms with Crippen molar-refractivity contribution in [3.8, 4) is 0 Å². The van der Waals surface area contributed by atoms with Crippen LogP contribution in [0.1, 0.15) is 40.2 Å². The quantitative estimate of drug-likeness (QED) is 0.856. The van der Waals surface area contributed by atoms with Gasteiger partial charge >= 0.3 is 0 Å². The molecule has 2 aromatic rings. The Morgan fingerprint density at radius 1 is 1.09 bits per heavy atom. The van der Waals surface area contributed by atoms with Gasteiger partial charge in [0.05, 0.1) is 0 Å². The maximum Gasteiger partial charge on any atom is 0.167 e. The van der Waals surface area contributed by atoms with Crippen molar-refractivity contribution in [2.45, 2.75) is 25.2 Å². The summed E-state index contributed by atoms with van der Waals surface area (Å²) in [5.74, 6) is 0.735. The highest BCUT2D eigenvalue weighted by Gasteiger charge is 2.15. The number of Topliss-reactive ketones (excluding diaryl/α,β-unsaturated/α-hetero) is 1. The maximum absolute atomic E-state index is 12.3. The van der Waals surface area contributed by atoms with Crippen LogP contribution in [0.2, 0.25) is 5.02 Å². The van der Waals surface area contributed by atoms with Gasteiger partial charge in [0, 0.05) is 23.6 Å². The van der Waals surface area contributed by atoms with Crippen LogP contribution in [0.3, 0.4) is 0 Å². The molecule has 0 radical (unpaired) electrons. The summed E-state index contributed by atoms with van der Waals surface area (Å²) >= 11 is 5.85. The van der Waals surface area contributed by atoms with Gasteiger partial charge in [-0.05, 0) is 60.7 Å². The Hall–Kier alpha value is -1.64. The van der Waals surface area contributed by atoms with E-state index in [4.69, 9.17) is 11.6 Å². The van der Waals surface area contributed by atoms with Crippen molar-refractivity contribution in [1.82, 2.24) is 5.32 Å². The van der Waals surface area contributed by atoms with E-state index in [2.05, 4.69) is 29.6 Å². The highest BCUT2D eigenvalue weighted by molar-refractivity contribution is 6.30. The molecule has 0 unspecified atom stereocenters. The molecule has 1 heterocycles. The topological polar surface area (TPSA) is 29.1 Å². The van der Waals surface area contributed by atoms with E-state index in [-0.39, 0.29) is 5.78 Å². The van der Waals surface area contributed by atoms with Crippen LogP contribution >= 0.6 is 11.6 Å². The van der Waals surface area contributed by atoms with Crippen LogP contribution < -0.4 is 5.32 Å². The molecule has 2 nitrogen and oxygen atoms in total. The fourth-order valence-corrected chi connectivity index (χ4v) is 3.09. The maximum atomic E-state index is 12.3. The average molecular weight is 314 g/mol. The van der Waals surface area contributed by atoms with E-state index >= 15 is 0 Å². The Kier molecular flexibility index (Phi) is 4.91. The van der Waals surface area contributed by atoms with Crippen LogP contribution in [0.4, 0.5) is 0 Å². The van der Waals surface area contributed by atoms with Crippen LogP contribution in [0.5, 0.6) is 0 Å². The lowest BCUT2D eigenvalue weighted by Gasteiger charge is -2.23. The normalized spacial score (nSPS) is 18.1. The molecule has 22 heavy (non-hydrogen) atoms. The summed E-state index contributed by atoms with van der Waals surface area (Å²) in [6, 6.07) is 15.6. The van der Waals surface area contributed by atoms with Crippen LogP contribution in [0.15, 0.2) is 48.5 Å². The third-order valence-corrected chi connectivity index (χ3v) is 4.53. The molecular weight excluding hydrogens is 294 g/mol. The SMILES string of the molecule is O=C(Cc1ccc([C@H]2CCCNC2)cc1)c1ccc(Cl)cc1. The second kappa shape index (κ2) is 7.08. The Morgan fingerprint density at radius 2 is 1.82 bits per heavy atom. The minimum Gasteiger partial charge on any atom is -0.316 e. The van der Waals surface area contributed by atoms with Crippen LogP contribution in [-0.4, -0.2) is 18.9 Å². The van der Waals surface area contributed by atoms with Gasteiger partial charge < -0.3 is 5.32 Å². The third kappa shape index (κ3) is 3.76. The zero-order valence-electron chi connectivity index (χ0n) is 12.5. The summed E-state index contributed by atoms with van der Waals surface area (Å²) in [5, 5.41) is 4.10. The van der Waals surface area contributed by atoms with Gasteiger partial charge in [0.1, 0.15) is 0 Å². The number of hydrogen-bond acceptors (Lipinski definition) is 2. The summed E-state index contributed by atoms with van der Waals surface area (Å²) in [6.07, 6.45) is 2.92. The molecule has 3 heteroatoms. The highest BCUT2D eigenvalue weighted by atomic mass is 35.5. The average Bonchev–Trinajstić information content (AvgIpc) is 2.57. The van der Waals surface area contributed by atoms with Crippen molar-refractivity contribution in [3.63, 3.8) is 0 Å². The Balaban J connectivity index is 1.65. The number of rotatable bonds is 4. The van der Waals surface area contributed by atoms with Gasteiger partial charge in [-0.1, -0.05) is 35.9 Å². The summed E-state index contributed by atoms with van der Waals surface area (Å²) in [4.78, 5) is 12.3. The molecule has 1 aliphatic heterocycles. The first kappa shape index (κ1) is 15.3. The van der Waals surface area contributed by atoms with E-state index in [0.29, 0.717) is 22.9 Å². The molecule has 114 valence electrons. The standard InChI is InChI=1S/C19H20ClNO/c20-18-9-7-16(8-10-18)19(22)12-14-3-5-15(6-4-14)17-2-1-11-21-13-17/h3-10,17,21H,1-2,11-13H2/t17-/m0/s1. The lowest BCUT2D eigenvalue weighted by molar-refractivity contribution is 0.0993. The second-order valence-electron chi connectivity index (χ2n) is 5.89. The molecule has 0 amide bonds. The number of piperidine rings is 1. The molecule has 2 aromatic carbocycles. The monoisotopic (exact) mass is 313 g/mol. The lowest BCUT2D eigenvalue weighted by atomic mass is 9.90. The molecule has 1 aliphatic rings. The number of halogens is 1. The number of nitrogens with one attached hydrogen (secondary N) is 1. The van der Waals surface area contributed by atoms with Gasteiger partial charge in [-0.15, -0.1) is 0 Å². The zero-order valence-corrected chi connectivity index (χ0v) is 13.3. The summed E-state index contributed by atoms with van der Waals surface area (Å²) < 4.78 is 0. The molecule has 0 spiro atoms. The van der Waals surface area contributed by atoms with Gasteiger partial charge in [0.25, 0.3) is 0 Å². The Bertz CT molecular complexity index is 627. The summed E-state index contributed by atoms with van der Waals surface area (Å²) in [5.41, 5.74) is 3.15. The Labute approximate surface area is 136 Å². The summed E-state index contributed by atoms with van der Waals surface area (Å²) in [7, 11) is 0. The first-order valence-corrected chi connectivity index (χ1v) is 8.18. The van der Waals surface area contributed by atoms with Crippen molar-refractivity contribution in [2.24, 2.45) is 0 Å². The van der Waals surface area contributed by atoms with Crippen molar-refractivity contribution in [3.05, 3.63) is 70.2 Å². The predicted octanol–water partition coefficient (Wildman–Crippen LogP) is 4.23. The number of carbonyl (C=O) groups excluding carboxylic acids is 1. The van der Waals surface area contributed by atoms with Crippen molar-refractivity contribution >= 4 is 17.4 Å². The van der Waals surface area contributed by atoms with Gasteiger partial charge in [0.2, 0.25) is 0 Å². The third-order valence-electron chi connectivity index (χ3n) is 4.28. The van der Waals surface area contributed by atoms with Crippen molar-refractivity contribution in [2.75, 3.05) is 13.1 Å². The predicted molar refractivity (Wildman–Crippen MR) is 90.8 cm³/mol. The number of carbonyl (C=O) groups is 1. The molecule has 3 rings (SSSR count). The number of benzene rings is 2. The lowest BCUT2D eigenvalue weighted by Crippen LogP contribution is -2.28.